The molecule has 0 saturated heterocycles. The Bertz CT molecular complexity index is 494. The molecule has 0 spiro atoms. The molecule has 2 N–H and O–H groups in total. The van der Waals surface area contributed by atoms with Crippen molar-refractivity contribution in [3.63, 3.8) is 0 Å². The van der Waals surface area contributed by atoms with Gasteiger partial charge in [0.25, 0.3) is 0 Å². The molecule has 106 valence electrons. The van der Waals surface area contributed by atoms with Crippen LogP contribution in [0.15, 0.2) is 54.6 Å². The lowest BCUT2D eigenvalue weighted by Gasteiger charge is -2.13. The Morgan fingerprint density at radius 1 is 0.750 bits per heavy atom. The van der Waals surface area contributed by atoms with Crippen molar-refractivity contribution in [1.82, 2.24) is 0 Å². The summed E-state index contributed by atoms with van der Waals surface area (Å²) in [6.07, 6.45) is 5.14. The second kappa shape index (κ2) is 8.26. The minimum Gasteiger partial charge on any atom is -0.383 e. The minimum atomic E-state index is 1.04. The Balaban J connectivity index is 1.92. The minimum absolute atomic E-state index is 1.04. The molecule has 0 bridgehead atoms. The average Bonchev–Trinajstić information content (AvgIpc) is 2.50. The number of nitrogens with one attached hydrogen (secondary N) is 2. The molecule has 0 unspecified atom stereocenters. The van der Waals surface area contributed by atoms with Gasteiger partial charge < -0.3 is 10.6 Å². The van der Waals surface area contributed by atoms with Crippen molar-refractivity contribution >= 4 is 17.1 Å². The van der Waals surface area contributed by atoms with Crippen LogP contribution in [0.25, 0.3) is 0 Å². The van der Waals surface area contributed by atoms with Crippen LogP contribution in [0, 0.1) is 0 Å². The lowest BCUT2D eigenvalue weighted by Crippen LogP contribution is -2.04. The van der Waals surface area contributed by atoms with Crippen LogP contribution in [0.1, 0.15) is 32.6 Å². The maximum atomic E-state index is 3.53. The zero-order valence-electron chi connectivity index (χ0n) is 12.2. The molecule has 0 amide bonds. The van der Waals surface area contributed by atoms with E-state index < -0.39 is 0 Å². The van der Waals surface area contributed by atoms with Crippen LogP contribution in [0.5, 0.6) is 0 Å². The third-order valence-corrected chi connectivity index (χ3v) is 3.33. The summed E-state index contributed by atoms with van der Waals surface area (Å²) in [5, 5.41) is 6.99. The van der Waals surface area contributed by atoms with Crippen LogP contribution in [0.3, 0.4) is 0 Å². The first-order valence-corrected chi connectivity index (χ1v) is 7.55. The van der Waals surface area contributed by atoms with Gasteiger partial charge in [-0.05, 0) is 30.7 Å². The van der Waals surface area contributed by atoms with Crippen molar-refractivity contribution in [1.29, 1.82) is 0 Å². The van der Waals surface area contributed by atoms with Crippen molar-refractivity contribution in [3.8, 4) is 0 Å². The largest absolute Gasteiger partial charge is 0.383 e. The van der Waals surface area contributed by atoms with Gasteiger partial charge in [0, 0.05) is 12.2 Å². The Hall–Kier alpha value is -1.96. The van der Waals surface area contributed by atoms with Crippen molar-refractivity contribution in [2.24, 2.45) is 0 Å². The average molecular weight is 268 g/mol. The standard InChI is InChI=1S/C18H24N2/c1-2-3-4-10-15-19-17-13-8-9-14-18(17)20-16-11-6-5-7-12-16/h5-9,11-14,19-20H,2-4,10,15H2,1H3. The van der Waals surface area contributed by atoms with Crippen LogP contribution in [-0.4, -0.2) is 6.54 Å². The van der Waals surface area contributed by atoms with E-state index in [0.29, 0.717) is 0 Å². The summed E-state index contributed by atoms with van der Waals surface area (Å²) in [5.41, 5.74) is 3.43. The number of rotatable bonds is 8. The molecule has 0 aliphatic rings. The van der Waals surface area contributed by atoms with Crippen molar-refractivity contribution < 1.29 is 0 Å². The molecule has 20 heavy (non-hydrogen) atoms. The summed E-state index contributed by atoms with van der Waals surface area (Å²) in [4.78, 5) is 0. The quantitative estimate of drug-likeness (QED) is 0.624. The van der Waals surface area contributed by atoms with Gasteiger partial charge in [0.1, 0.15) is 0 Å². The zero-order valence-corrected chi connectivity index (χ0v) is 12.2. The predicted molar refractivity (Wildman–Crippen MR) is 88.8 cm³/mol. The number of para-hydroxylation sites is 3. The van der Waals surface area contributed by atoms with E-state index in [1.165, 1.54) is 31.4 Å². The van der Waals surface area contributed by atoms with Crippen molar-refractivity contribution in [2.45, 2.75) is 32.6 Å². The Labute approximate surface area is 122 Å². The summed E-state index contributed by atoms with van der Waals surface area (Å²) in [6.45, 7) is 3.28. The monoisotopic (exact) mass is 268 g/mol. The zero-order chi connectivity index (χ0) is 14.0. The highest BCUT2D eigenvalue weighted by atomic mass is 15.0. The second-order valence-electron chi connectivity index (χ2n) is 5.02. The van der Waals surface area contributed by atoms with Gasteiger partial charge in [-0.2, -0.15) is 0 Å². The van der Waals surface area contributed by atoms with Crippen LogP contribution >= 0.6 is 0 Å². The first-order chi connectivity index (χ1) is 9.90. The smallest absolute Gasteiger partial charge is 0.0620 e. The third-order valence-electron chi connectivity index (χ3n) is 3.33. The molecule has 2 heteroatoms. The van der Waals surface area contributed by atoms with E-state index in [9.17, 15) is 0 Å². The predicted octanol–water partition coefficient (Wildman–Crippen LogP) is 5.42. The van der Waals surface area contributed by atoms with Gasteiger partial charge in [0.15, 0.2) is 0 Å². The van der Waals surface area contributed by atoms with Gasteiger partial charge in [-0.1, -0.05) is 56.5 Å². The van der Waals surface area contributed by atoms with E-state index >= 15 is 0 Å². The highest BCUT2D eigenvalue weighted by Crippen LogP contribution is 2.25. The molecule has 0 radical (unpaired) electrons. The highest BCUT2D eigenvalue weighted by molar-refractivity contribution is 5.74. The number of anilines is 3. The molecular weight excluding hydrogens is 244 g/mol. The first kappa shape index (κ1) is 14.4. The molecule has 0 saturated carbocycles. The van der Waals surface area contributed by atoms with E-state index in [-0.39, 0.29) is 0 Å². The van der Waals surface area contributed by atoms with Crippen LogP contribution in [0.2, 0.25) is 0 Å². The van der Waals surface area contributed by atoms with Crippen LogP contribution in [-0.2, 0) is 0 Å². The molecule has 0 heterocycles. The fourth-order valence-corrected chi connectivity index (χ4v) is 2.20. The maximum absolute atomic E-state index is 3.53. The van der Waals surface area contributed by atoms with Gasteiger partial charge in [0.2, 0.25) is 0 Å². The molecule has 0 atom stereocenters. The molecule has 0 aliphatic heterocycles. The number of hydrogen-bond acceptors (Lipinski definition) is 2. The maximum Gasteiger partial charge on any atom is 0.0620 e. The number of benzene rings is 2. The van der Waals surface area contributed by atoms with Crippen LogP contribution < -0.4 is 10.6 Å². The molecule has 2 aromatic rings. The fraction of sp³-hybridized carbons (Fsp3) is 0.333. The van der Waals surface area contributed by atoms with E-state index in [2.05, 4.69) is 54.0 Å². The van der Waals surface area contributed by atoms with Gasteiger partial charge in [-0.15, -0.1) is 0 Å². The van der Waals surface area contributed by atoms with E-state index in [4.69, 9.17) is 0 Å². The topological polar surface area (TPSA) is 24.1 Å². The van der Waals surface area contributed by atoms with E-state index in [1.807, 2.05) is 18.2 Å². The van der Waals surface area contributed by atoms with Gasteiger partial charge in [-0.25, -0.2) is 0 Å². The van der Waals surface area contributed by atoms with Gasteiger partial charge in [-0.3, -0.25) is 0 Å². The summed E-state index contributed by atoms with van der Waals surface area (Å²) in [7, 11) is 0. The molecule has 2 rings (SSSR count). The Morgan fingerprint density at radius 2 is 1.45 bits per heavy atom. The summed E-state index contributed by atoms with van der Waals surface area (Å²) >= 11 is 0. The number of hydrogen-bond donors (Lipinski definition) is 2. The normalized spacial score (nSPS) is 10.2. The Kier molecular flexibility index (Phi) is 5.97. The van der Waals surface area contributed by atoms with Crippen molar-refractivity contribution in [2.75, 3.05) is 17.2 Å². The summed E-state index contributed by atoms with van der Waals surface area (Å²) in [5.74, 6) is 0. The molecule has 2 aromatic carbocycles. The highest BCUT2D eigenvalue weighted by Gasteiger charge is 2.01. The van der Waals surface area contributed by atoms with Gasteiger partial charge in [0.05, 0.1) is 11.4 Å². The number of unbranched alkanes of at least 4 members (excludes halogenated alkanes) is 3. The first-order valence-electron chi connectivity index (χ1n) is 7.55. The van der Waals surface area contributed by atoms with Crippen molar-refractivity contribution in [3.05, 3.63) is 54.6 Å². The molecular formula is C18H24N2. The molecule has 0 aromatic heterocycles. The Morgan fingerprint density at radius 3 is 2.20 bits per heavy atom. The van der Waals surface area contributed by atoms with E-state index in [0.717, 1.165) is 17.9 Å². The van der Waals surface area contributed by atoms with Gasteiger partial charge >= 0.3 is 0 Å². The van der Waals surface area contributed by atoms with E-state index in [1.54, 1.807) is 0 Å². The third kappa shape index (κ3) is 4.61. The summed E-state index contributed by atoms with van der Waals surface area (Å²) in [6, 6.07) is 18.7. The van der Waals surface area contributed by atoms with Crippen LogP contribution in [0.4, 0.5) is 17.1 Å². The lowest BCUT2D eigenvalue weighted by atomic mass is 10.2. The fourth-order valence-electron chi connectivity index (χ4n) is 2.20. The SMILES string of the molecule is CCCCCCNc1ccccc1Nc1ccccc1. The summed E-state index contributed by atoms with van der Waals surface area (Å²) < 4.78 is 0. The lowest BCUT2D eigenvalue weighted by molar-refractivity contribution is 0.685. The molecule has 0 aliphatic carbocycles. The second-order valence-corrected chi connectivity index (χ2v) is 5.02. The molecule has 2 nitrogen and oxygen atoms in total. The molecule has 0 fully saturated rings.